The molecule has 0 aromatic heterocycles. The maximum Gasteiger partial charge on any atom is 0.246 e. The molecule has 84 valence electrons. The number of nitrogens with zero attached hydrogens (tertiary/aromatic N) is 1. The van der Waals surface area contributed by atoms with Crippen LogP contribution < -0.4 is 5.32 Å². The number of amides is 3. The van der Waals surface area contributed by atoms with Crippen LogP contribution in [-0.4, -0.2) is 35.7 Å². The summed E-state index contributed by atoms with van der Waals surface area (Å²) in [5.41, 5.74) is 0. The lowest BCUT2D eigenvalue weighted by Gasteiger charge is -2.25. The molecule has 0 unspecified atom stereocenters. The van der Waals surface area contributed by atoms with Gasteiger partial charge in [0.25, 0.3) is 0 Å². The van der Waals surface area contributed by atoms with Crippen LogP contribution in [-0.2, 0) is 14.4 Å². The zero-order valence-electron chi connectivity index (χ0n) is 8.91. The summed E-state index contributed by atoms with van der Waals surface area (Å²) < 4.78 is 0. The Bertz CT molecular complexity index is 260. The fraction of sp³-hybridized carbons (Fsp3) is 0.700. The zero-order chi connectivity index (χ0) is 11.3. The van der Waals surface area contributed by atoms with Gasteiger partial charge in [-0.2, -0.15) is 0 Å². The monoisotopic (exact) mass is 212 g/mol. The highest BCUT2D eigenvalue weighted by Crippen LogP contribution is 2.04. The lowest BCUT2D eigenvalue weighted by Crippen LogP contribution is -2.53. The standard InChI is InChI=1S/C10H16N2O3/c1-2-3-4-5-10(15)12-6-8(13)11-9(14)7-12/h2-7H2,1H3,(H,11,13,14). The second kappa shape index (κ2) is 5.48. The molecule has 15 heavy (non-hydrogen) atoms. The molecule has 0 aliphatic carbocycles. The van der Waals surface area contributed by atoms with Crippen LogP contribution in [0.1, 0.15) is 32.6 Å². The van der Waals surface area contributed by atoms with Gasteiger partial charge in [0.05, 0.1) is 0 Å². The fourth-order valence-corrected chi connectivity index (χ4v) is 1.50. The van der Waals surface area contributed by atoms with Crippen LogP contribution in [0.15, 0.2) is 0 Å². The molecule has 0 saturated carbocycles. The maximum atomic E-state index is 11.6. The minimum absolute atomic E-state index is 0.0106. The molecule has 5 nitrogen and oxygen atoms in total. The van der Waals surface area contributed by atoms with Crippen molar-refractivity contribution in [3.63, 3.8) is 0 Å². The van der Waals surface area contributed by atoms with Gasteiger partial charge < -0.3 is 4.90 Å². The molecule has 0 radical (unpaired) electrons. The average molecular weight is 212 g/mol. The van der Waals surface area contributed by atoms with Gasteiger partial charge in [0.2, 0.25) is 17.7 Å². The van der Waals surface area contributed by atoms with Gasteiger partial charge in [0.15, 0.2) is 0 Å². The molecular formula is C10H16N2O3. The van der Waals surface area contributed by atoms with Crippen LogP contribution >= 0.6 is 0 Å². The summed E-state index contributed by atoms with van der Waals surface area (Å²) in [4.78, 5) is 34.9. The molecule has 0 aromatic rings. The lowest BCUT2D eigenvalue weighted by atomic mass is 10.2. The molecule has 0 bridgehead atoms. The van der Waals surface area contributed by atoms with Gasteiger partial charge in [-0.15, -0.1) is 0 Å². The first kappa shape index (κ1) is 11.7. The average Bonchev–Trinajstić information content (AvgIpc) is 2.16. The quantitative estimate of drug-likeness (QED) is 0.529. The van der Waals surface area contributed by atoms with Crippen molar-refractivity contribution in [2.75, 3.05) is 13.1 Å². The Hall–Kier alpha value is -1.39. The normalized spacial score (nSPS) is 16.5. The molecule has 1 heterocycles. The molecule has 5 heteroatoms. The number of unbranched alkanes of at least 4 members (excludes halogenated alkanes) is 2. The van der Waals surface area contributed by atoms with Crippen LogP contribution in [0.4, 0.5) is 0 Å². The van der Waals surface area contributed by atoms with E-state index in [4.69, 9.17) is 0 Å². The molecule has 1 rings (SSSR count). The third kappa shape index (κ3) is 3.69. The van der Waals surface area contributed by atoms with Crippen LogP contribution in [0, 0.1) is 0 Å². The van der Waals surface area contributed by atoms with E-state index in [1.54, 1.807) is 0 Å². The fourth-order valence-electron chi connectivity index (χ4n) is 1.50. The predicted octanol–water partition coefficient (Wildman–Crippen LogP) is 0.0517. The molecule has 3 amide bonds. The first-order valence-corrected chi connectivity index (χ1v) is 5.24. The van der Waals surface area contributed by atoms with Crippen molar-refractivity contribution in [2.45, 2.75) is 32.6 Å². The molecule has 1 aliphatic rings. The minimum atomic E-state index is -0.393. The third-order valence-electron chi connectivity index (χ3n) is 2.29. The highest BCUT2D eigenvalue weighted by molar-refractivity contribution is 6.02. The smallest absolute Gasteiger partial charge is 0.246 e. The Balaban J connectivity index is 2.38. The largest absolute Gasteiger partial charge is 0.324 e. The Morgan fingerprint density at radius 3 is 2.40 bits per heavy atom. The van der Waals surface area contributed by atoms with Crippen molar-refractivity contribution in [2.24, 2.45) is 0 Å². The van der Waals surface area contributed by atoms with E-state index in [0.717, 1.165) is 19.3 Å². The van der Waals surface area contributed by atoms with Crippen LogP contribution in [0.5, 0.6) is 0 Å². The third-order valence-corrected chi connectivity index (χ3v) is 2.29. The number of hydrogen-bond donors (Lipinski definition) is 1. The summed E-state index contributed by atoms with van der Waals surface area (Å²) in [5, 5.41) is 2.16. The molecule has 0 atom stereocenters. The number of carbonyl (C=O) groups is 3. The summed E-state index contributed by atoms with van der Waals surface area (Å²) in [5.74, 6) is -0.892. The lowest BCUT2D eigenvalue weighted by molar-refractivity contribution is -0.145. The van der Waals surface area contributed by atoms with Crippen LogP contribution in [0.25, 0.3) is 0 Å². The second-order valence-electron chi connectivity index (χ2n) is 3.68. The number of piperazine rings is 1. The molecule has 0 spiro atoms. The van der Waals surface area contributed by atoms with Gasteiger partial charge in [-0.3, -0.25) is 19.7 Å². The molecule has 1 fully saturated rings. The van der Waals surface area contributed by atoms with E-state index < -0.39 is 11.8 Å². The van der Waals surface area contributed by atoms with Crippen molar-refractivity contribution in [1.82, 2.24) is 10.2 Å². The number of carbonyl (C=O) groups excluding carboxylic acids is 3. The zero-order valence-corrected chi connectivity index (χ0v) is 8.91. The van der Waals surface area contributed by atoms with E-state index in [0.29, 0.717) is 6.42 Å². The topological polar surface area (TPSA) is 66.5 Å². The van der Waals surface area contributed by atoms with Gasteiger partial charge >= 0.3 is 0 Å². The summed E-state index contributed by atoms with van der Waals surface area (Å²) in [6.07, 6.45) is 3.29. The van der Waals surface area contributed by atoms with E-state index in [9.17, 15) is 14.4 Å². The summed E-state index contributed by atoms with van der Waals surface area (Å²) >= 11 is 0. The Labute approximate surface area is 88.8 Å². The summed E-state index contributed by atoms with van der Waals surface area (Å²) in [6, 6.07) is 0. The van der Waals surface area contributed by atoms with Crippen molar-refractivity contribution >= 4 is 17.7 Å². The van der Waals surface area contributed by atoms with Gasteiger partial charge in [-0.25, -0.2) is 0 Å². The van der Waals surface area contributed by atoms with Crippen molar-refractivity contribution in [3.8, 4) is 0 Å². The van der Waals surface area contributed by atoms with Gasteiger partial charge in [-0.05, 0) is 6.42 Å². The summed E-state index contributed by atoms with van der Waals surface area (Å²) in [6.45, 7) is 2.08. The van der Waals surface area contributed by atoms with Crippen molar-refractivity contribution < 1.29 is 14.4 Å². The van der Waals surface area contributed by atoms with Crippen molar-refractivity contribution in [1.29, 1.82) is 0 Å². The maximum absolute atomic E-state index is 11.6. The first-order valence-electron chi connectivity index (χ1n) is 5.24. The Morgan fingerprint density at radius 1 is 1.27 bits per heavy atom. The van der Waals surface area contributed by atoms with E-state index in [-0.39, 0.29) is 19.0 Å². The highest BCUT2D eigenvalue weighted by Gasteiger charge is 2.25. The predicted molar refractivity (Wildman–Crippen MR) is 53.9 cm³/mol. The molecule has 1 saturated heterocycles. The number of rotatable bonds is 4. The van der Waals surface area contributed by atoms with Gasteiger partial charge in [-0.1, -0.05) is 19.8 Å². The van der Waals surface area contributed by atoms with Crippen LogP contribution in [0.3, 0.4) is 0 Å². The number of imide groups is 1. The van der Waals surface area contributed by atoms with E-state index in [1.807, 2.05) is 0 Å². The van der Waals surface area contributed by atoms with E-state index in [1.165, 1.54) is 4.90 Å². The van der Waals surface area contributed by atoms with E-state index >= 15 is 0 Å². The first-order chi connectivity index (χ1) is 7.13. The molecule has 1 aliphatic heterocycles. The van der Waals surface area contributed by atoms with E-state index in [2.05, 4.69) is 12.2 Å². The van der Waals surface area contributed by atoms with Gasteiger partial charge in [0, 0.05) is 6.42 Å². The Kier molecular flexibility index (Phi) is 4.27. The highest BCUT2D eigenvalue weighted by atomic mass is 16.2. The van der Waals surface area contributed by atoms with Gasteiger partial charge in [0.1, 0.15) is 13.1 Å². The SMILES string of the molecule is CCCCCC(=O)N1CC(=O)NC(=O)C1. The van der Waals surface area contributed by atoms with Crippen molar-refractivity contribution in [3.05, 3.63) is 0 Å². The Morgan fingerprint density at radius 2 is 1.87 bits per heavy atom. The minimum Gasteiger partial charge on any atom is -0.324 e. The second-order valence-corrected chi connectivity index (χ2v) is 3.68. The molecule has 0 aromatic carbocycles. The molecule has 1 N–H and O–H groups in total. The number of nitrogens with one attached hydrogen (secondary N) is 1. The number of hydrogen-bond acceptors (Lipinski definition) is 3. The molecular weight excluding hydrogens is 196 g/mol. The summed E-state index contributed by atoms with van der Waals surface area (Å²) in [7, 11) is 0. The van der Waals surface area contributed by atoms with Crippen LogP contribution in [0.2, 0.25) is 0 Å².